The molecule has 0 aliphatic carbocycles. The van der Waals surface area contributed by atoms with E-state index in [1.807, 2.05) is 50.2 Å². The molecule has 0 fully saturated rings. The number of likely N-dealkylation sites (N-methyl/N-ethyl adjacent to an activating group) is 2. The molecule has 118 valence electrons. The van der Waals surface area contributed by atoms with E-state index in [2.05, 4.69) is 19.1 Å². The zero-order valence-corrected chi connectivity index (χ0v) is 13.8. The number of carbonyl (C=O) groups excluding carboxylic acids is 1. The van der Waals surface area contributed by atoms with Crippen LogP contribution in [-0.2, 0) is 17.9 Å². The molecule has 0 spiro atoms. The van der Waals surface area contributed by atoms with Crippen LogP contribution in [-0.4, -0.2) is 36.3 Å². The molecule has 0 saturated heterocycles. The zero-order chi connectivity index (χ0) is 16.1. The van der Waals surface area contributed by atoms with Crippen molar-refractivity contribution in [2.75, 3.05) is 20.6 Å². The van der Waals surface area contributed by atoms with Crippen LogP contribution in [0.1, 0.15) is 22.6 Å². The maximum absolute atomic E-state index is 12.3. The van der Waals surface area contributed by atoms with E-state index in [0.29, 0.717) is 13.1 Å². The van der Waals surface area contributed by atoms with Crippen LogP contribution >= 0.6 is 0 Å². The highest BCUT2D eigenvalue weighted by molar-refractivity contribution is 5.77. The molecule has 0 radical (unpaired) electrons. The molecule has 0 saturated carbocycles. The first-order valence-corrected chi connectivity index (χ1v) is 7.48. The van der Waals surface area contributed by atoms with Crippen LogP contribution in [0.2, 0.25) is 0 Å². The second-order valence-electron chi connectivity index (χ2n) is 5.86. The van der Waals surface area contributed by atoms with Gasteiger partial charge in [0.15, 0.2) is 0 Å². The van der Waals surface area contributed by atoms with Gasteiger partial charge in [0.1, 0.15) is 11.5 Å². The zero-order valence-electron chi connectivity index (χ0n) is 13.8. The number of hydrogen-bond acceptors (Lipinski definition) is 3. The van der Waals surface area contributed by atoms with Crippen molar-refractivity contribution in [2.24, 2.45) is 0 Å². The summed E-state index contributed by atoms with van der Waals surface area (Å²) in [5.41, 5.74) is 2.50. The van der Waals surface area contributed by atoms with Crippen molar-refractivity contribution >= 4 is 5.91 Å². The van der Waals surface area contributed by atoms with Crippen LogP contribution in [0.25, 0.3) is 0 Å². The summed E-state index contributed by atoms with van der Waals surface area (Å²) in [6.07, 6.45) is 0. The first kappa shape index (κ1) is 16.3. The average molecular weight is 300 g/mol. The van der Waals surface area contributed by atoms with Gasteiger partial charge in [-0.25, -0.2) is 0 Å². The van der Waals surface area contributed by atoms with Crippen LogP contribution in [0.4, 0.5) is 0 Å². The fourth-order valence-corrected chi connectivity index (χ4v) is 2.38. The van der Waals surface area contributed by atoms with Gasteiger partial charge < -0.3 is 9.32 Å². The second-order valence-corrected chi connectivity index (χ2v) is 5.86. The Bertz CT molecular complexity index is 634. The number of carbonyl (C=O) groups is 1. The number of benzene rings is 1. The molecule has 1 heterocycles. The lowest BCUT2D eigenvalue weighted by molar-refractivity contribution is -0.131. The highest BCUT2D eigenvalue weighted by Crippen LogP contribution is 2.11. The minimum Gasteiger partial charge on any atom is -0.464 e. The van der Waals surface area contributed by atoms with Crippen molar-refractivity contribution in [3.63, 3.8) is 0 Å². The predicted octanol–water partition coefficient (Wildman–Crippen LogP) is 2.99. The van der Waals surface area contributed by atoms with Crippen LogP contribution < -0.4 is 0 Å². The summed E-state index contributed by atoms with van der Waals surface area (Å²) in [4.78, 5) is 16.0. The molecule has 0 aliphatic rings. The normalized spacial score (nSPS) is 11.0. The van der Waals surface area contributed by atoms with Gasteiger partial charge in [-0.05, 0) is 44.2 Å². The largest absolute Gasteiger partial charge is 0.464 e. The van der Waals surface area contributed by atoms with E-state index in [-0.39, 0.29) is 5.91 Å². The molecule has 0 aliphatic heterocycles. The summed E-state index contributed by atoms with van der Waals surface area (Å²) in [6, 6.07) is 12.1. The predicted molar refractivity (Wildman–Crippen MR) is 87.4 cm³/mol. The lowest BCUT2D eigenvalue weighted by Gasteiger charge is -2.22. The summed E-state index contributed by atoms with van der Waals surface area (Å²) in [5, 5.41) is 0. The summed E-state index contributed by atoms with van der Waals surface area (Å²) < 4.78 is 5.51. The van der Waals surface area contributed by atoms with Crippen LogP contribution in [0.5, 0.6) is 0 Å². The van der Waals surface area contributed by atoms with E-state index in [4.69, 9.17) is 4.42 Å². The number of rotatable bonds is 6. The Hall–Kier alpha value is -2.07. The molecule has 1 amide bonds. The lowest BCUT2D eigenvalue weighted by atomic mass is 10.1. The van der Waals surface area contributed by atoms with Gasteiger partial charge in [-0.3, -0.25) is 9.69 Å². The molecule has 4 nitrogen and oxygen atoms in total. The van der Waals surface area contributed by atoms with Gasteiger partial charge in [-0.2, -0.15) is 0 Å². The van der Waals surface area contributed by atoms with Gasteiger partial charge in [0.2, 0.25) is 5.91 Å². The van der Waals surface area contributed by atoms with E-state index in [9.17, 15) is 4.79 Å². The van der Waals surface area contributed by atoms with E-state index < -0.39 is 0 Å². The quantitative estimate of drug-likeness (QED) is 0.823. The Labute approximate surface area is 132 Å². The maximum atomic E-state index is 12.3. The van der Waals surface area contributed by atoms with Crippen molar-refractivity contribution in [3.05, 3.63) is 59.0 Å². The van der Waals surface area contributed by atoms with E-state index >= 15 is 0 Å². The molecule has 2 rings (SSSR count). The molecule has 0 N–H and O–H groups in total. The van der Waals surface area contributed by atoms with Gasteiger partial charge in [0.05, 0.1) is 13.1 Å². The molecule has 4 heteroatoms. The number of amides is 1. The Morgan fingerprint density at radius 2 is 1.77 bits per heavy atom. The van der Waals surface area contributed by atoms with Gasteiger partial charge in [-0.15, -0.1) is 0 Å². The highest BCUT2D eigenvalue weighted by atomic mass is 16.3. The van der Waals surface area contributed by atoms with Crippen molar-refractivity contribution in [2.45, 2.75) is 26.9 Å². The van der Waals surface area contributed by atoms with Gasteiger partial charge in [0, 0.05) is 13.6 Å². The molecule has 0 atom stereocenters. The second kappa shape index (κ2) is 7.27. The van der Waals surface area contributed by atoms with Crippen LogP contribution in [0, 0.1) is 13.8 Å². The third-order valence-electron chi connectivity index (χ3n) is 3.72. The van der Waals surface area contributed by atoms with Crippen LogP contribution in [0.15, 0.2) is 40.8 Å². The molecule has 0 unspecified atom stereocenters. The summed E-state index contributed by atoms with van der Waals surface area (Å²) in [7, 11) is 3.77. The van der Waals surface area contributed by atoms with Crippen molar-refractivity contribution in [1.29, 1.82) is 0 Å². The Kier molecular flexibility index (Phi) is 5.39. The third kappa shape index (κ3) is 4.46. The molecular formula is C18H24N2O2. The molecule has 1 aromatic heterocycles. The number of hydrogen-bond donors (Lipinski definition) is 0. The van der Waals surface area contributed by atoms with Gasteiger partial charge >= 0.3 is 0 Å². The van der Waals surface area contributed by atoms with E-state index in [0.717, 1.165) is 18.1 Å². The smallest absolute Gasteiger partial charge is 0.236 e. The van der Waals surface area contributed by atoms with E-state index in [1.54, 1.807) is 4.90 Å². The fraction of sp³-hybridized carbons (Fsp3) is 0.389. The van der Waals surface area contributed by atoms with Crippen LogP contribution in [0.3, 0.4) is 0 Å². The van der Waals surface area contributed by atoms with E-state index in [1.165, 1.54) is 11.1 Å². The SMILES string of the molecule is Cc1ccc(CN(C)C(=O)CN(C)Cc2ccccc2C)o1. The standard InChI is InChI=1S/C18H24N2O2/c1-14-7-5-6-8-16(14)11-19(3)13-18(21)20(4)12-17-10-9-15(2)22-17/h5-10H,11-13H2,1-4H3. The minimum absolute atomic E-state index is 0.0881. The molecule has 2 aromatic rings. The summed E-state index contributed by atoms with van der Waals surface area (Å²) >= 11 is 0. The van der Waals surface area contributed by atoms with Crippen molar-refractivity contribution in [1.82, 2.24) is 9.80 Å². The number of aryl methyl sites for hydroxylation is 2. The lowest BCUT2D eigenvalue weighted by Crippen LogP contribution is -2.36. The first-order valence-electron chi connectivity index (χ1n) is 7.48. The molecule has 22 heavy (non-hydrogen) atoms. The summed E-state index contributed by atoms with van der Waals surface area (Å²) in [6.45, 7) is 5.67. The third-order valence-corrected chi connectivity index (χ3v) is 3.72. The fourth-order valence-electron chi connectivity index (χ4n) is 2.38. The monoisotopic (exact) mass is 300 g/mol. The molecular weight excluding hydrogens is 276 g/mol. The van der Waals surface area contributed by atoms with Crippen molar-refractivity contribution < 1.29 is 9.21 Å². The topological polar surface area (TPSA) is 36.7 Å². The van der Waals surface area contributed by atoms with Gasteiger partial charge in [0.25, 0.3) is 0 Å². The maximum Gasteiger partial charge on any atom is 0.236 e. The summed E-state index contributed by atoms with van der Waals surface area (Å²) in [5.74, 6) is 1.77. The highest BCUT2D eigenvalue weighted by Gasteiger charge is 2.14. The average Bonchev–Trinajstić information content (AvgIpc) is 2.86. The minimum atomic E-state index is 0.0881. The first-order chi connectivity index (χ1) is 10.5. The number of nitrogens with zero attached hydrogens (tertiary/aromatic N) is 2. The van der Waals surface area contributed by atoms with Gasteiger partial charge in [-0.1, -0.05) is 24.3 Å². The Morgan fingerprint density at radius 1 is 1.05 bits per heavy atom. The van der Waals surface area contributed by atoms with Crippen molar-refractivity contribution in [3.8, 4) is 0 Å². The molecule has 0 bridgehead atoms. The Morgan fingerprint density at radius 3 is 2.41 bits per heavy atom. The Balaban J connectivity index is 1.86. The number of furan rings is 1. The molecule has 1 aromatic carbocycles.